The number of carbonyl (C=O) groups is 2. The molecule has 0 aliphatic carbocycles. The van der Waals surface area contributed by atoms with E-state index in [1.54, 1.807) is 54.6 Å². The summed E-state index contributed by atoms with van der Waals surface area (Å²) in [5.74, 6) is -0.260. The molecule has 138 valence electrons. The summed E-state index contributed by atoms with van der Waals surface area (Å²) < 4.78 is 4.67. The van der Waals surface area contributed by atoms with Crippen LogP contribution in [0.2, 0.25) is 0 Å². The van der Waals surface area contributed by atoms with Crippen LogP contribution in [0.1, 0.15) is 26.3 Å². The quantitative estimate of drug-likeness (QED) is 0.661. The molecule has 0 saturated carbocycles. The van der Waals surface area contributed by atoms with Gasteiger partial charge in [-0.15, -0.1) is 0 Å². The molecule has 0 spiro atoms. The summed E-state index contributed by atoms with van der Waals surface area (Å²) in [5.41, 5.74) is 2.55. The molecule has 1 aromatic heterocycles. The van der Waals surface area contributed by atoms with Crippen molar-refractivity contribution in [1.29, 1.82) is 5.26 Å². The van der Waals surface area contributed by atoms with Crippen molar-refractivity contribution in [2.75, 3.05) is 17.7 Å². The van der Waals surface area contributed by atoms with Crippen LogP contribution in [0.25, 0.3) is 0 Å². The number of pyridine rings is 1. The Balaban J connectivity index is 1.66. The van der Waals surface area contributed by atoms with Crippen molar-refractivity contribution in [2.24, 2.45) is 0 Å². The number of hydrogen-bond acceptors (Lipinski definition) is 6. The summed E-state index contributed by atoms with van der Waals surface area (Å²) >= 11 is 0. The minimum atomic E-state index is -0.476. The Morgan fingerprint density at radius 1 is 1.00 bits per heavy atom. The SMILES string of the molecule is COC(=O)c1cccc(NC(=O)c2ccc(Nc3ccc(C#N)cc3)nc2)c1. The number of nitrogens with zero attached hydrogens (tertiary/aromatic N) is 2. The molecule has 2 aromatic carbocycles. The van der Waals surface area contributed by atoms with Gasteiger partial charge in [-0.1, -0.05) is 6.07 Å². The number of methoxy groups -OCH3 is 1. The molecule has 1 heterocycles. The van der Waals surface area contributed by atoms with Gasteiger partial charge >= 0.3 is 5.97 Å². The van der Waals surface area contributed by atoms with Gasteiger partial charge in [0.15, 0.2) is 0 Å². The van der Waals surface area contributed by atoms with Gasteiger partial charge in [0.05, 0.1) is 29.9 Å². The number of anilines is 3. The third kappa shape index (κ3) is 4.51. The fourth-order valence-electron chi connectivity index (χ4n) is 2.42. The topological polar surface area (TPSA) is 104 Å². The van der Waals surface area contributed by atoms with Crippen molar-refractivity contribution in [3.63, 3.8) is 0 Å². The van der Waals surface area contributed by atoms with Gasteiger partial charge in [-0.25, -0.2) is 9.78 Å². The van der Waals surface area contributed by atoms with Gasteiger partial charge in [0.2, 0.25) is 0 Å². The maximum absolute atomic E-state index is 12.4. The van der Waals surface area contributed by atoms with Crippen LogP contribution in [0.3, 0.4) is 0 Å². The highest BCUT2D eigenvalue weighted by Gasteiger charge is 2.10. The van der Waals surface area contributed by atoms with Gasteiger partial charge in [-0.2, -0.15) is 5.26 Å². The van der Waals surface area contributed by atoms with Gasteiger partial charge in [0.1, 0.15) is 5.82 Å². The molecule has 0 atom stereocenters. The second kappa shape index (κ2) is 8.47. The van der Waals surface area contributed by atoms with Crippen molar-refractivity contribution in [3.05, 3.63) is 83.6 Å². The number of rotatable bonds is 5. The van der Waals surface area contributed by atoms with E-state index in [2.05, 4.69) is 26.4 Å². The maximum Gasteiger partial charge on any atom is 0.337 e. The zero-order valence-corrected chi connectivity index (χ0v) is 15.0. The second-order valence-electron chi connectivity index (χ2n) is 5.77. The van der Waals surface area contributed by atoms with Crippen molar-refractivity contribution < 1.29 is 14.3 Å². The minimum Gasteiger partial charge on any atom is -0.465 e. The molecule has 3 rings (SSSR count). The summed E-state index contributed by atoms with van der Waals surface area (Å²) in [5, 5.41) is 14.6. The molecule has 0 aliphatic rings. The van der Waals surface area contributed by atoms with Gasteiger partial charge in [-0.3, -0.25) is 4.79 Å². The predicted octanol–water partition coefficient (Wildman–Crippen LogP) is 3.74. The molecule has 0 unspecified atom stereocenters. The Morgan fingerprint density at radius 3 is 2.43 bits per heavy atom. The van der Waals surface area contributed by atoms with Gasteiger partial charge in [0, 0.05) is 17.6 Å². The Kier molecular flexibility index (Phi) is 5.63. The zero-order valence-electron chi connectivity index (χ0n) is 15.0. The van der Waals surface area contributed by atoms with Crippen LogP contribution in [-0.4, -0.2) is 24.0 Å². The van der Waals surface area contributed by atoms with Gasteiger partial charge in [-0.05, 0) is 54.6 Å². The highest BCUT2D eigenvalue weighted by Crippen LogP contribution is 2.17. The first-order valence-electron chi connectivity index (χ1n) is 8.32. The number of amides is 1. The Labute approximate surface area is 161 Å². The highest BCUT2D eigenvalue weighted by atomic mass is 16.5. The molecule has 2 N–H and O–H groups in total. The average Bonchev–Trinajstić information content (AvgIpc) is 2.74. The maximum atomic E-state index is 12.4. The molecule has 3 aromatic rings. The smallest absolute Gasteiger partial charge is 0.337 e. The van der Waals surface area contributed by atoms with E-state index in [1.165, 1.54) is 19.4 Å². The lowest BCUT2D eigenvalue weighted by atomic mass is 10.2. The lowest BCUT2D eigenvalue weighted by Gasteiger charge is -2.08. The molecule has 0 bridgehead atoms. The molecule has 0 fully saturated rings. The van der Waals surface area contributed by atoms with E-state index >= 15 is 0 Å². The molecule has 1 amide bonds. The van der Waals surface area contributed by atoms with E-state index < -0.39 is 5.97 Å². The first kappa shape index (κ1) is 18.6. The number of nitrogens with one attached hydrogen (secondary N) is 2. The van der Waals surface area contributed by atoms with Crippen molar-refractivity contribution >= 4 is 29.1 Å². The molecule has 0 radical (unpaired) electrons. The number of nitriles is 1. The van der Waals surface area contributed by atoms with Gasteiger partial charge in [0.25, 0.3) is 5.91 Å². The Bertz CT molecular complexity index is 1040. The number of benzene rings is 2. The lowest BCUT2D eigenvalue weighted by Crippen LogP contribution is -2.13. The number of carbonyl (C=O) groups excluding carboxylic acids is 2. The fraction of sp³-hybridized carbons (Fsp3) is 0.0476. The summed E-state index contributed by atoms with van der Waals surface area (Å²) in [7, 11) is 1.30. The van der Waals surface area contributed by atoms with Crippen LogP contribution in [-0.2, 0) is 4.74 Å². The van der Waals surface area contributed by atoms with Crippen molar-refractivity contribution in [3.8, 4) is 6.07 Å². The van der Waals surface area contributed by atoms with E-state index in [0.717, 1.165) is 5.69 Å². The Hall–Kier alpha value is -4.18. The highest BCUT2D eigenvalue weighted by molar-refractivity contribution is 6.04. The monoisotopic (exact) mass is 372 g/mol. The first-order valence-corrected chi connectivity index (χ1v) is 8.32. The average molecular weight is 372 g/mol. The normalized spacial score (nSPS) is 9.86. The van der Waals surface area contributed by atoms with E-state index in [9.17, 15) is 9.59 Å². The van der Waals surface area contributed by atoms with Crippen LogP contribution < -0.4 is 10.6 Å². The zero-order chi connectivity index (χ0) is 19.9. The molecule has 28 heavy (non-hydrogen) atoms. The van der Waals surface area contributed by atoms with E-state index in [-0.39, 0.29) is 5.91 Å². The fourth-order valence-corrected chi connectivity index (χ4v) is 2.42. The van der Waals surface area contributed by atoms with E-state index in [1.807, 2.05) is 0 Å². The van der Waals surface area contributed by atoms with Crippen molar-refractivity contribution in [1.82, 2.24) is 4.98 Å². The number of hydrogen-bond donors (Lipinski definition) is 2. The van der Waals surface area contributed by atoms with Crippen molar-refractivity contribution in [2.45, 2.75) is 0 Å². The Morgan fingerprint density at radius 2 is 1.79 bits per heavy atom. The largest absolute Gasteiger partial charge is 0.465 e. The summed E-state index contributed by atoms with van der Waals surface area (Å²) in [6.07, 6.45) is 1.45. The summed E-state index contributed by atoms with van der Waals surface area (Å²) in [6.45, 7) is 0. The molecule has 0 aliphatic heterocycles. The third-order valence-electron chi connectivity index (χ3n) is 3.85. The number of aromatic nitrogens is 1. The molecular formula is C21H16N4O3. The van der Waals surface area contributed by atoms with Crippen LogP contribution in [0.5, 0.6) is 0 Å². The molecule has 7 nitrogen and oxygen atoms in total. The lowest BCUT2D eigenvalue weighted by molar-refractivity contribution is 0.0600. The van der Waals surface area contributed by atoms with Crippen LogP contribution in [0.15, 0.2) is 66.9 Å². The first-order chi connectivity index (χ1) is 13.6. The molecular weight excluding hydrogens is 356 g/mol. The standard InChI is InChI=1S/C21H16N4O3/c1-28-21(27)15-3-2-4-18(11-15)25-20(26)16-7-10-19(23-13-16)24-17-8-5-14(12-22)6-9-17/h2-11,13H,1H3,(H,23,24)(H,25,26). The van der Waals surface area contributed by atoms with Crippen LogP contribution in [0, 0.1) is 11.3 Å². The predicted molar refractivity (Wildman–Crippen MR) is 104 cm³/mol. The van der Waals surface area contributed by atoms with Crippen LogP contribution in [0.4, 0.5) is 17.2 Å². The van der Waals surface area contributed by atoms with Gasteiger partial charge < -0.3 is 15.4 Å². The number of esters is 1. The van der Waals surface area contributed by atoms with E-state index in [0.29, 0.717) is 28.2 Å². The molecule has 7 heteroatoms. The van der Waals surface area contributed by atoms with Crippen LogP contribution >= 0.6 is 0 Å². The number of ether oxygens (including phenoxy) is 1. The second-order valence-corrected chi connectivity index (χ2v) is 5.77. The van der Waals surface area contributed by atoms with E-state index in [4.69, 9.17) is 5.26 Å². The molecule has 0 saturated heterocycles. The summed E-state index contributed by atoms with van der Waals surface area (Å²) in [6, 6.07) is 18.8. The minimum absolute atomic E-state index is 0.348. The summed E-state index contributed by atoms with van der Waals surface area (Å²) in [4.78, 5) is 28.2. The third-order valence-corrected chi connectivity index (χ3v) is 3.85.